The van der Waals surface area contributed by atoms with Crippen molar-refractivity contribution in [2.45, 2.75) is 64.5 Å². The molecule has 0 saturated heterocycles. The van der Waals surface area contributed by atoms with Crippen molar-refractivity contribution in [3.63, 3.8) is 0 Å². The minimum atomic E-state index is -1.32. The van der Waals surface area contributed by atoms with Crippen LogP contribution in [0, 0.1) is 45.9 Å². The number of carbonyl (C=O) groups excluding carboxylic acids is 1. The Morgan fingerprint density at radius 3 is 2.22 bits per heavy atom. The molecule has 106 valence electrons. The molecule has 0 radical (unpaired) electrons. The second-order valence-electron chi connectivity index (χ2n) is 5.28. The number of hydrogen-bond acceptors (Lipinski definition) is 3. The zero-order valence-electron chi connectivity index (χ0n) is 11.1. The number of hydrogen-bond donors (Lipinski definition) is 2. The van der Waals surface area contributed by atoms with Crippen LogP contribution < -0.4 is 5.32 Å². The normalized spacial score (nSPS) is 18.2. The first-order valence-corrected chi connectivity index (χ1v) is 6.54. The molecule has 5 heteroatoms. The van der Waals surface area contributed by atoms with Crippen LogP contribution in [0.5, 0.6) is 0 Å². The van der Waals surface area contributed by atoms with Gasteiger partial charge in [0.25, 0.3) is 5.78 Å². The molecule has 1 atom stereocenters. The van der Waals surface area contributed by atoms with E-state index >= 15 is 0 Å². The quantitative estimate of drug-likeness (QED) is 0.672. The third-order valence-electron chi connectivity index (χ3n) is 3.36. The van der Waals surface area contributed by atoms with Gasteiger partial charge in [-0.1, -0.05) is 46.0 Å². The van der Waals surface area contributed by atoms with Crippen molar-refractivity contribution in [2.75, 3.05) is 0 Å². The summed E-state index contributed by atoms with van der Waals surface area (Å²) in [5.74, 6) is -1.51. The van der Waals surface area contributed by atoms with Crippen LogP contribution in [0.4, 0.5) is 0 Å². The number of carboxylic acids is 1. The first-order valence-electron chi connectivity index (χ1n) is 6.54. The molecular formula is C13H23GdNO3. The zero-order valence-corrected chi connectivity index (χ0v) is 13.4. The summed E-state index contributed by atoms with van der Waals surface area (Å²) < 4.78 is 0. The number of nitrogens with one attached hydrogen (secondary N) is 1. The largest absolute Gasteiger partial charge is 0.475 e. The van der Waals surface area contributed by atoms with Crippen molar-refractivity contribution in [3.05, 3.63) is 0 Å². The van der Waals surface area contributed by atoms with Crippen LogP contribution in [0.2, 0.25) is 0 Å². The number of ketones is 1. The molecule has 1 unspecified atom stereocenters. The molecule has 18 heavy (non-hydrogen) atoms. The van der Waals surface area contributed by atoms with Gasteiger partial charge in [-0.3, -0.25) is 4.79 Å². The van der Waals surface area contributed by atoms with E-state index in [4.69, 9.17) is 5.11 Å². The Morgan fingerprint density at radius 1 is 1.22 bits per heavy atom. The van der Waals surface area contributed by atoms with E-state index in [0.717, 1.165) is 12.8 Å². The molecule has 0 bridgehead atoms. The van der Waals surface area contributed by atoms with Crippen molar-refractivity contribution in [2.24, 2.45) is 5.92 Å². The average molecular weight is 399 g/mol. The Kier molecular flexibility index (Phi) is 9.57. The van der Waals surface area contributed by atoms with Gasteiger partial charge in [-0.05, 0) is 12.3 Å². The van der Waals surface area contributed by atoms with Crippen molar-refractivity contribution in [1.29, 1.82) is 0 Å². The third kappa shape index (κ3) is 6.55. The van der Waals surface area contributed by atoms with Gasteiger partial charge in [0, 0.05) is 46.0 Å². The fraction of sp³-hybridized carbons (Fsp3) is 0.846. The van der Waals surface area contributed by atoms with Gasteiger partial charge in [0.05, 0.1) is 6.04 Å². The first kappa shape index (κ1) is 18.4. The maximum Gasteiger partial charge on any atom is 0.373 e. The Labute approximate surface area is 141 Å². The van der Waals surface area contributed by atoms with E-state index in [1.54, 1.807) is 0 Å². The van der Waals surface area contributed by atoms with Crippen LogP contribution in [0.3, 0.4) is 0 Å². The van der Waals surface area contributed by atoms with Gasteiger partial charge in [0.1, 0.15) is 0 Å². The second-order valence-corrected chi connectivity index (χ2v) is 5.28. The summed E-state index contributed by atoms with van der Waals surface area (Å²) in [4.78, 5) is 22.4. The van der Waals surface area contributed by atoms with Crippen LogP contribution >= 0.6 is 0 Å². The van der Waals surface area contributed by atoms with Crippen molar-refractivity contribution < 1.29 is 54.6 Å². The summed E-state index contributed by atoms with van der Waals surface area (Å²) in [6.45, 7) is 3.87. The van der Waals surface area contributed by atoms with E-state index in [-0.39, 0.29) is 46.0 Å². The van der Waals surface area contributed by atoms with E-state index in [1.807, 2.05) is 13.8 Å². The Balaban J connectivity index is 0.00000289. The Hall–Kier alpha value is 0.425. The van der Waals surface area contributed by atoms with Crippen molar-refractivity contribution >= 4 is 11.8 Å². The molecule has 0 heterocycles. The molecule has 0 spiro atoms. The summed E-state index contributed by atoms with van der Waals surface area (Å²) >= 11 is 0. The maximum atomic E-state index is 11.6. The predicted molar refractivity (Wildman–Crippen MR) is 65.9 cm³/mol. The van der Waals surface area contributed by atoms with Gasteiger partial charge in [0.2, 0.25) is 0 Å². The second kappa shape index (κ2) is 9.35. The molecule has 1 aliphatic rings. The van der Waals surface area contributed by atoms with E-state index in [1.165, 1.54) is 19.3 Å². The molecular weight excluding hydrogens is 375 g/mol. The molecule has 0 aromatic carbocycles. The Morgan fingerprint density at radius 2 is 1.78 bits per heavy atom. The third-order valence-corrected chi connectivity index (χ3v) is 3.36. The topological polar surface area (TPSA) is 66.4 Å². The van der Waals surface area contributed by atoms with Gasteiger partial charge in [-0.15, -0.1) is 0 Å². The monoisotopic (exact) mass is 399 g/mol. The molecule has 1 rings (SSSR count). The van der Waals surface area contributed by atoms with E-state index < -0.39 is 17.8 Å². The summed E-state index contributed by atoms with van der Waals surface area (Å²) in [5.41, 5.74) is 0. The summed E-state index contributed by atoms with van der Waals surface area (Å²) in [5, 5.41) is 11.9. The standard InChI is InChI=1S/C13H23NO3.Gd/c1-9(2)14-11(12(15)13(16)17)8-10-6-4-3-5-7-10;/h9-11,14H,3-8H2,1-2H3,(H,16,17);. The molecule has 4 nitrogen and oxygen atoms in total. The number of carbonyl (C=O) groups is 2. The number of Topliss-reactive ketones (excluding diaryl/α,β-unsaturated/α-hetero) is 1. The van der Waals surface area contributed by atoms with Crippen LogP contribution in [0.25, 0.3) is 0 Å². The summed E-state index contributed by atoms with van der Waals surface area (Å²) in [6.07, 6.45) is 6.61. The van der Waals surface area contributed by atoms with Crippen molar-refractivity contribution in [1.82, 2.24) is 5.32 Å². The van der Waals surface area contributed by atoms with Crippen LogP contribution in [-0.4, -0.2) is 28.9 Å². The maximum absolute atomic E-state index is 11.6. The number of carboxylic acid groups (broad SMARTS) is 1. The number of aliphatic carboxylic acids is 1. The molecule has 1 saturated carbocycles. The van der Waals surface area contributed by atoms with Gasteiger partial charge < -0.3 is 10.4 Å². The first-order chi connectivity index (χ1) is 8.00. The molecule has 0 aromatic heterocycles. The number of rotatable bonds is 6. The molecule has 2 N–H and O–H groups in total. The smallest absolute Gasteiger partial charge is 0.373 e. The molecule has 0 amide bonds. The van der Waals surface area contributed by atoms with E-state index in [9.17, 15) is 9.59 Å². The Bertz CT molecular complexity index is 275. The van der Waals surface area contributed by atoms with Gasteiger partial charge in [0.15, 0.2) is 0 Å². The van der Waals surface area contributed by atoms with E-state index in [0.29, 0.717) is 12.3 Å². The van der Waals surface area contributed by atoms with Crippen LogP contribution in [-0.2, 0) is 9.59 Å². The predicted octanol–water partition coefficient (Wildman–Crippen LogP) is 1.98. The SMILES string of the molecule is CC(C)NC(CC1CCCCC1)C(=O)C(=O)O.[Gd]. The zero-order chi connectivity index (χ0) is 12.8. The van der Waals surface area contributed by atoms with Crippen molar-refractivity contribution in [3.8, 4) is 0 Å². The minimum Gasteiger partial charge on any atom is -0.475 e. The fourth-order valence-electron chi connectivity index (χ4n) is 2.56. The molecule has 0 aromatic rings. The van der Waals surface area contributed by atoms with Gasteiger partial charge >= 0.3 is 5.97 Å². The average Bonchev–Trinajstić information content (AvgIpc) is 2.28. The van der Waals surface area contributed by atoms with Crippen LogP contribution in [0.1, 0.15) is 52.4 Å². The summed E-state index contributed by atoms with van der Waals surface area (Å²) in [6, 6.07) is -0.387. The fourth-order valence-corrected chi connectivity index (χ4v) is 2.56. The van der Waals surface area contributed by atoms with Crippen LogP contribution in [0.15, 0.2) is 0 Å². The van der Waals surface area contributed by atoms with E-state index in [2.05, 4.69) is 5.32 Å². The van der Waals surface area contributed by atoms with Gasteiger partial charge in [-0.2, -0.15) is 0 Å². The molecule has 0 aliphatic heterocycles. The minimum absolute atomic E-state index is 0. The summed E-state index contributed by atoms with van der Waals surface area (Å²) in [7, 11) is 0. The van der Waals surface area contributed by atoms with Gasteiger partial charge in [-0.25, -0.2) is 4.79 Å². The molecule has 1 fully saturated rings. The molecule has 1 aliphatic carbocycles.